The maximum absolute atomic E-state index is 5.02. The van der Waals surface area contributed by atoms with Gasteiger partial charge in [-0.3, -0.25) is 0 Å². The number of rotatable bonds is 3. The van der Waals surface area contributed by atoms with Gasteiger partial charge in [-0.25, -0.2) is 0 Å². The quantitative estimate of drug-likeness (QED) is 0.805. The summed E-state index contributed by atoms with van der Waals surface area (Å²) in [6.45, 7) is 0. The van der Waals surface area contributed by atoms with Crippen molar-refractivity contribution in [3.63, 3.8) is 0 Å². The van der Waals surface area contributed by atoms with E-state index in [-0.39, 0.29) is 6.04 Å². The van der Waals surface area contributed by atoms with E-state index in [1.165, 1.54) is 11.5 Å². The average molecular weight is 195 g/mol. The van der Waals surface area contributed by atoms with Crippen LogP contribution >= 0.6 is 11.5 Å². The maximum Gasteiger partial charge on any atom is 0.0954 e. The van der Waals surface area contributed by atoms with E-state index in [0.29, 0.717) is 0 Å². The second-order valence-electron chi connectivity index (χ2n) is 2.60. The molecule has 0 saturated carbocycles. The Balaban J connectivity index is 2.29. The molecule has 1 unspecified atom stereocenters. The molecule has 2 aromatic heterocycles. The van der Waals surface area contributed by atoms with E-state index < -0.39 is 0 Å². The van der Waals surface area contributed by atoms with Crippen molar-refractivity contribution in [2.24, 2.45) is 0 Å². The molecule has 13 heavy (non-hydrogen) atoms. The Morgan fingerprint density at radius 3 is 3.08 bits per heavy atom. The monoisotopic (exact) mass is 195 g/mol. The van der Waals surface area contributed by atoms with E-state index in [1.54, 1.807) is 18.7 Å². The Morgan fingerprint density at radius 1 is 1.62 bits per heavy atom. The van der Waals surface area contributed by atoms with Gasteiger partial charge in [-0.15, -0.1) is 5.10 Å². The van der Waals surface area contributed by atoms with Gasteiger partial charge in [0.15, 0.2) is 0 Å². The third-order valence-electron chi connectivity index (χ3n) is 1.83. The molecule has 0 aliphatic carbocycles. The van der Waals surface area contributed by atoms with E-state index in [0.717, 1.165) is 10.4 Å². The van der Waals surface area contributed by atoms with E-state index in [1.807, 2.05) is 13.1 Å². The molecule has 0 amide bonds. The fourth-order valence-corrected chi connectivity index (χ4v) is 1.86. The van der Waals surface area contributed by atoms with Crippen LogP contribution in [0.2, 0.25) is 0 Å². The van der Waals surface area contributed by atoms with Crippen LogP contribution in [-0.4, -0.2) is 16.6 Å². The number of aromatic nitrogens is 2. The lowest BCUT2D eigenvalue weighted by Crippen LogP contribution is -2.15. The number of furan rings is 1. The molecule has 0 radical (unpaired) electrons. The van der Waals surface area contributed by atoms with Gasteiger partial charge in [-0.1, -0.05) is 4.49 Å². The molecule has 2 heterocycles. The lowest BCUT2D eigenvalue weighted by Gasteiger charge is -2.09. The summed E-state index contributed by atoms with van der Waals surface area (Å²) < 4.78 is 8.84. The van der Waals surface area contributed by atoms with Crippen LogP contribution in [0.25, 0.3) is 0 Å². The number of hydrogen-bond acceptors (Lipinski definition) is 5. The summed E-state index contributed by atoms with van der Waals surface area (Å²) in [6, 6.07) is 2.07. The summed E-state index contributed by atoms with van der Waals surface area (Å²) in [4.78, 5) is 1.09. The van der Waals surface area contributed by atoms with Gasteiger partial charge >= 0.3 is 0 Å². The van der Waals surface area contributed by atoms with Crippen LogP contribution in [-0.2, 0) is 0 Å². The minimum Gasteiger partial charge on any atom is -0.472 e. The molecule has 2 aromatic rings. The van der Waals surface area contributed by atoms with Crippen molar-refractivity contribution >= 4 is 11.5 Å². The average Bonchev–Trinajstić information content (AvgIpc) is 2.76. The highest BCUT2D eigenvalue weighted by Gasteiger charge is 2.14. The molecule has 0 aromatic carbocycles. The molecule has 0 aliphatic heterocycles. The van der Waals surface area contributed by atoms with E-state index in [2.05, 4.69) is 14.9 Å². The van der Waals surface area contributed by atoms with Crippen LogP contribution < -0.4 is 5.32 Å². The minimum atomic E-state index is 0.138. The lowest BCUT2D eigenvalue weighted by atomic mass is 10.1. The first kappa shape index (κ1) is 8.40. The summed E-state index contributed by atoms with van der Waals surface area (Å²) in [5.74, 6) is 0. The molecular weight excluding hydrogens is 186 g/mol. The number of nitrogens with zero attached hydrogens (tertiary/aromatic N) is 2. The molecular formula is C8H9N3OS. The molecule has 1 atom stereocenters. The van der Waals surface area contributed by atoms with Gasteiger partial charge in [0.05, 0.1) is 29.6 Å². The Bertz CT molecular complexity index is 309. The normalized spacial score (nSPS) is 13.0. The van der Waals surface area contributed by atoms with Crippen LogP contribution in [0.1, 0.15) is 16.5 Å². The minimum absolute atomic E-state index is 0.138. The fourth-order valence-electron chi connectivity index (χ4n) is 1.21. The van der Waals surface area contributed by atoms with Crippen molar-refractivity contribution in [1.29, 1.82) is 0 Å². The van der Waals surface area contributed by atoms with Crippen molar-refractivity contribution in [1.82, 2.24) is 14.9 Å². The van der Waals surface area contributed by atoms with Crippen LogP contribution in [0.15, 0.2) is 29.2 Å². The highest BCUT2D eigenvalue weighted by atomic mass is 32.1. The maximum atomic E-state index is 5.02. The zero-order valence-corrected chi connectivity index (χ0v) is 7.91. The van der Waals surface area contributed by atoms with E-state index in [4.69, 9.17) is 4.42 Å². The van der Waals surface area contributed by atoms with Crippen molar-refractivity contribution < 1.29 is 4.42 Å². The predicted molar refractivity (Wildman–Crippen MR) is 49.5 cm³/mol. The summed E-state index contributed by atoms with van der Waals surface area (Å²) in [5, 5.41) is 6.98. The largest absolute Gasteiger partial charge is 0.472 e. The number of hydrogen-bond donors (Lipinski definition) is 1. The van der Waals surface area contributed by atoms with Gasteiger partial charge in [-0.05, 0) is 24.6 Å². The molecule has 5 heteroatoms. The van der Waals surface area contributed by atoms with Crippen LogP contribution in [0.5, 0.6) is 0 Å². The second kappa shape index (κ2) is 3.68. The Morgan fingerprint density at radius 2 is 2.54 bits per heavy atom. The third kappa shape index (κ3) is 1.61. The van der Waals surface area contributed by atoms with Gasteiger partial charge in [0.25, 0.3) is 0 Å². The molecule has 4 nitrogen and oxygen atoms in total. The van der Waals surface area contributed by atoms with Crippen LogP contribution in [0.4, 0.5) is 0 Å². The Kier molecular flexibility index (Phi) is 2.37. The fraction of sp³-hybridized carbons (Fsp3) is 0.250. The van der Waals surface area contributed by atoms with Crippen molar-refractivity contribution in [2.75, 3.05) is 7.05 Å². The lowest BCUT2D eigenvalue weighted by molar-refractivity contribution is 0.558. The molecule has 68 valence electrons. The zero-order chi connectivity index (χ0) is 9.10. The van der Waals surface area contributed by atoms with Crippen molar-refractivity contribution in [2.45, 2.75) is 6.04 Å². The summed E-state index contributed by atoms with van der Waals surface area (Å²) in [7, 11) is 1.90. The van der Waals surface area contributed by atoms with Gasteiger partial charge in [0, 0.05) is 5.56 Å². The Labute approximate surface area is 79.8 Å². The first-order valence-corrected chi connectivity index (χ1v) is 4.66. The van der Waals surface area contributed by atoms with Gasteiger partial charge in [-0.2, -0.15) is 0 Å². The van der Waals surface area contributed by atoms with Gasteiger partial charge in [0.1, 0.15) is 0 Å². The van der Waals surface area contributed by atoms with E-state index in [9.17, 15) is 0 Å². The summed E-state index contributed by atoms with van der Waals surface area (Å²) in [5.41, 5.74) is 1.09. The van der Waals surface area contributed by atoms with Gasteiger partial charge < -0.3 is 9.73 Å². The standard InChI is InChI=1S/C8H9N3OS/c1-9-8(6-2-3-12-5-6)7-4-10-11-13-7/h2-5,8-9H,1H3. The molecule has 0 spiro atoms. The third-order valence-corrected chi connectivity index (χ3v) is 2.56. The smallest absolute Gasteiger partial charge is 0.0954 e. The molecule has 1 N–H and O–H groups in total. The summed E-state index contributed by atoms with van der Waals surface area (Å²) >= 11 is 1.39. The first-order valence-electron chi connectivity index (χ1n) is 3.88. The SMILES string of the molecule is CNC(c1ccoc1)c1cnns1. The zero-order valence-electron chi connectivity index (χ0n) is 7.10. The molecule has 2 rings (SSSR count). The summed E-state index contributed by atoms with van der Waals surface area (Å²) in [6.07, 6.45) is 5.15. The highest BCUT2D eigenvalue weighted by Crippen LogP contribution is 2.23. The van der Waals surface area contributed by atoms with E-state index >= 15 is 0 Å². The predicted octanol–water partition coefficient (Wildman–Crippen LogP) is 1.44. The Hall–Kier alpha value is -1.20. The molecule has 0 bridgehead atoms. The van der Waals surface area contributed by atoms with Crippen LogP contribution in [0, 0.1) is 0 Å². The first-order chi connectivity index (χ1) is 6.42. The highest BCUT2D eigenvalue weighted by molar-refractivity contribution is 7.05. The molecule has 0 aliphatic rings. The topological polar surface area (TPSA) is 51.0 Å². The molecule has 0 fully saturated rings. The van der Waals surface area contributed by atoms with Gasteiger partial charge in [0.2, 0.25) is 0 Å². The second-order valence-corrected chi connectivity index (χ2v) is 3.42. The number of nitrogens with one attached hydrogen (secondary N) is 1. The van der Waals surface area contributed by atoms with Crippen molar-refractivity contribution in [3.05, 3.63) is 35.2 Å². The molecule has 0 saturated heterocycles. The van der Waals surface area contributed by atoms with Crippen LogP contribution in [0.3, 0.4) is 0 Å². The van der Waals surface area contributed by atoms with Crippen molar-refractivity contribution in [3.8, 4) is 0 Å².